The Labute approximate surface area is 192 Å². The molecular formula is C28H38O4. The van der Waals surface area contributed by atoms with Crippen molar-refractivity contribution in [2.24, 2.45) is 0 Å². The molecule has 0 radical (unpaired) electrons. The number of carbonyl (C=O) groups is 2. The van der Waals surface area contributed by atoms with Gasteiger partial charge in [-0.3, -0.25) is 9.59 Å². The fraction of sp³-hybridized carbons (Fsp3) is 0.500. The Hall–Kier alpha value is -2.62. The van der Waals surface area contributed by atoms with Gasteiger partial charge in [-0.1, -0.05) is 79.7 Å². The summed E-state index contributed by atoms with van der Waals surface area (Å²) in [6.07, 6.45) is 0.0423. The first kappa shape index (κ1) is 25.6. The maximum atomic E-state index is 11.6. The van der Waals surface area contributed by atoms with Gasteiger partial charge in [-0.2, -0.15) is 0 Å². The minimum absolute atomic E-state index is 0.0212. The van der Waals surface area contributed by atoms with Crippen LogP contribution in [0.2, 0.25) is 0 Å². The molecule has 0 heterocycles. The number of benzene rings is 2. The van der Waals surface area contributed by atoms with E-state index in [9.17, 15) is 19.8 Å². The highest BCUT2D eigenvalue weighted by atomic mass is 16.4. The maximum Gasteiger partial charge on any atom is 0.307 e. The second kappa shape index (κ2) is 10.3. The smallest absolute Gasteiger partial charge is 0.307 e. The Bertz CT molecular complexity index is 857. The quantitative estimate of drug-likeness (QED) is 0.438. The normalized spacial score (nSPS) is 11.8. The number of carboxylic acids is 2. The van der Waals surface area contributed by atoms with Crippen LogP contribution in [-0.2, 0) is 22.4 Å². The summed E-state index contributed by atoms with van der Waals surface area (Å²) in [5.74, 6) is -0.846. The minimum atomic E-state index is -0.816. The molecule has 0 saturated heterocycles. The molecule has 0 bridgehead atoms. The van der Waals surface area contributed by atoms with Crippen LogP contribution in [0, 0.1) is 0 Å². The summed E-state index contributed by atoms with van der Waals surface area (Å²) in [5, 5.41) is 19.0. The van der Waals surface area contributed by atoms with Crippen molar-refractivity contribution in [2.45, 2.75) is 91.9 Å². The molecule has 4 nitrogen and oxygen atoms in total. The lowest BCUT2D eigenvalue weighted by Gasteiger charge is -2.24. The van der Waals surface area contributed by atoms with Crippen LogP contribution in [-0.4, -0.2) is 22.2 Å². The van der Waals surface area contributed by atoms with E-state index in [1.807, 2.05) is 0 Å². The third-order valence-corrected chi connectivity index (χ3v) is 6.12. The molecule has 174 valence electrons. The monoisotopic (exact) mass is 438 g/mol. The molecule has 0 aromatic heterocycles. The third kappa shape index (κ3) is 5.79. The summed E-state index contributed by atoms with van der Waals surface area (Å²) in [6.45, 7) is 16.8. The first-order valence-electron chi connectivity index (χ1n) is 11.6. The van der Waals surface area contributed by atoms with Crippen LogP contribution in [0.15, 0.2) is 24.3 Å². The van der Waals surface area contributed by atoms with Crippen molar-refractivity contribution in [1.29, 1.82) is 0 Å². The van der Waals surface area contributed by atoms with E-state index in [0.717, 1.165) is 44.5 Å². The summed E-state index contributed by atoms with van der Waals surface area (Å²) >= 11 is 0. The Balaban J connectivity index is 2.86. The molecule has 2 aromatic carbocycles. The lowest BCUT2D eigenvalue weighted by molar-refractivity contribution is -0.137. The molecule has 0 unspecified atom stereocenters. The molecule has 4 heteroatoms. The molecule has 2 rings (SSSR count). The largest absolute Gasteiger partial charge is 0.481 e. The lowest BCUT2D eigenvalue weighted by atomic mass is 9.81. The molecule has 0 fully saturated rings. The molecule has 0 aliphatic heterocycles. The van der Waals surface area contributed by atoms with Crippen molar-refractivity contribution in [3.8, 4) is 11.1 Å². The number of rotatable bonds is 9. The van der Waals surface area contributed by atoms with Crippen molar-refractivity contribution in [3.63, 3.8) is 0 Å². The summed E-state index contributed by atoms with van der Waals surface area (Å²) in [7, 11) is 0. The van der Waals surface area contributed by atoms with Crippen LogP contribution in [0.4, 0.5) is 0 Å². The van der Waals surface area contributed by atoms with Crippen molar-refractivity contribution in [2.75, 3.05) is 0 Å². The predicted octanol–water partition coefficient (Wildman–Crippen LogP) is 7.10. The van der Waals surface area contributed by atoms with Crippen LogP contribution in [0.1, 0.15) is 112 Å². The summed E-state index contributed by atoms with van der Waals surface area (Å²) in [5.41, 5.74) is 8.25. The summed E-state index contributed by atoms with van der Waals surface area (Å²) in [4.78, 5) is 23.2. The highest BCUT2D eigenvalue weighted by molar-refractivity contribution is 5.76. The number of carboxylic acid groups (broad SMARTS) is 2. The van der Waals surface area contributed by atoms with Gasteiger partial charge in [0, 0.05) is 0 Å². The van der Waals surface area contributed by atoms with Crippen LogP contribution < -0.4 is 0 Å². The van der Waals surface area contributed by atoms with Crippen LogP contribution in [0.5, 0.6) is 0 Å². The van der Waals surface area contributed by atoms with Gasteiger partial charge in [-0.25, -0.2) is 0 Å². The Morgan fingerprint density at radius 2 is 0.781 bits per heavy atom. The number of aliphatic carboxylic acids is 2. The molecule has 0 atom stereocenters. The topological polar surface area (TPSA) is 74.6 Å². The second-order valence-corrected chi connectivity index (χ2v) is 10.0. The van der Waals surface area contributed by atoms with Crippen LogP contribution in [0.3, 0.4) is 0 Å². The fourth-order valence-electron chi connectivity index (χ4n) is 4.54. The number of hydrogen-bond donors (Lipinski definition) is 2. The Morgan fingerprint density at radius 3 is 0.938 bits per heavy atom. The fourth-order valence-corrected chi connectivity index (χ4v) is 4.54. The lowest BCUT2D eigenvalue weighted by Crippen LogP contribution is -2.11. The van der Waals surface area contributed by atoms with Gasteiger partial charge in [0.2, 0.25) is 0 Å². The first-order chi connectivity index (χ1) is 14.8. The standard InChI is InChI=1S/C28H38O4/c1-15(2)21-9-19(10-22(16(3)4)25(21)13-27(29)30)20-11-23(17(5)6)26(14-28(31)32)24(12-20)18(7)8/h9-12,15-18H,13-14H2,1-8H3,(H,29,30)(H,31,32). The van der Waals surface area contributed by atoms with Crippen LogP contribution in [0.25, 0.3) is 11.1 Å². The van der Waals surface area contributed by atoms with Gasteiger partial charge in [0.15, 0.2) is 0 Å². The SMILES string of the molecule is CC(C)c1cc(-c2cc(C(C)C)c(CC(=O)O)c(C(C)C)c2)cc(C(C)C)c1CC(=O)O. The van der Waals surface area contributed by atoms with Gasteiger partial charge in [0.25, 0.3) is 0 Å². The Morgan fingerprint density at radius 1 is 0.562 bits per heavy atom. The highest BCUT2D eigenvalue weighted by Gasteiger charge is 2.22. The van der Waals surface area contributed by atoms with Crippen molar-refractivity contribution in [1.82, 2.24) is 0 Å². The van der Waals surface area contributed by atoms with E-state index < -0.39 is 11.9 Å². The molecule has 0 amide bonds. The van der Waals surface area contributed by atoms with Crippen molar-refractivity contribution < 1.29 is 19.8 Å². The van der Waals surface area contributed by atoms with E-state index in [0.29, 0.717) is 0 Å². The van der Waals surface area contributed by atoms with E-state index in [-0.39, 0.29) is 36.5 Å². The summed E-state index contributed by atoms with van der Waals surface area (Å²) < 4.78 is 0. The van der Waals surface area contributed by atoms with E-state index in [1.54, 1.807) is 0 Å². The van der Waals surface area contributed by atoms with Gasteiger partial charge in [-0.15, -0.1) is 0 Å². The molecule has 0 aliphatic rings. The second-order valence-electron chi connectivity index (χ2n) is 10.0. The molecule has 2 aromatic rings. The highest BCUT2D eigenvalue weighted by Crippen LogP contribution is 2.38. The van der Waals surface area contributed by atoms with Crippen molar-refractivity contribution >= 4 is 11.9 Å². The molecule has 2 N–H and O–H groups in total. The zero-order valence-electron chi connectivity index (χ0n) is 20.7. The molecular weight excluding hydrogens is 400 g/mol. The van der Waals surface area contributed by atoms with Gasteiger partial charge in [0.1, 0.15) is 0 Å². The van der Waals surface area contributed by atoms with E-state index in [1.165, 1.54) is 0 Å². The van der Waals surface area contributed by atoms with E-state index in [2.05, 4.69) is 79.7 Å². The summed E-state index contributed by atoms with van der Waals surface area (Å²) in [6, 6.07) is 8.54. The first-order valence-corrected chi connectivity index (χ1v) is 11.6. The van der Waals surface area contributed by atoms with Crippen molar-refractivity contribution in [3.05, 3.63) is 57.6 Å². The molecule has 0 spiro atoms. The van der Waals surface area contributed by atoms with Crippen LogP contribution >= 0.6 is 0 Å². The average Bonchev–Trinajstić information content (AvgIpc) is 2.66. The zero-order valence-corrected chi connectivity index (χ0v) is 20.7. The zero-order chi connectivity index (χ0) is 24.3. The molecule has 32 heavy (non-hydrogen) atoms. The minimum Gasteiger partial charge on any atom is -0.481 e. The van der Waals surface area contributed by atoms with Gasteiger partial charge < -0.3 is 10.2 Å². The number of hydrogen-bond acceptors (Lipinski definition) is 2. The van der Waals surface area contributed by atoms with Gasteiger partial charge in [-0.05, 0) is 68.2 Å². The molecule has 0 saturated carbocycles. The van der Waals surface area contributed by atoms with E-state index >= 15 is 0 Å². The maximum absolute atomic E-state index is 11.6. The molecule has 0 aliphatic carbocycles. The van der Waals surface area contributed by atoms with Gasteiger partial charge in [0.05, 0.1) is 12.8 Å². The Kier molecular flexibility index (Phi) is 8.28. The predicted molar refractivity (Wildman–Crippen MR) is 131 cm³/mol. The van der Waals surface area contributed by atoms with E-state index in [4.69, 9.17) is 0 Å². The van der Waals surface area contributed by atoms with Gasteiger partial charge >= 0.3 is 11.9 Å². The third-order valence-electron chi connectivity index (χ3n) is 6.12. The average molecular weight is 439 g/mol.